The molecular formula is C27H28ClFN2O. The fraction of sp³-hybridized carbons (Fsp3) is 0.370. The number of carbonyl (C=O) groups is 1. The highest BCUT2D eigenvalue weighted by molar-refractivity contribution is 6.31. The van der Waals surface area contributed by atoms with E-state index in [1.807, 2.05) is 41.3 Å². The average Bonchev–Trinajstić information content (AvgIpc) is 3.20. The van der Waals surface area contributed by atoms with E-state index in [1.54, 1.807) is 0 Å². The molecule has 2 aliphatic rings. The predicted octanol–water partition coefficient (Wildman–Crippen LogP) is 5.86. The van der Waals surface area contributed by atoms with Crippen molar-refractivity contribution in [3.8, 4) is 0 Å². The van der Waals surface area contributed by atoms with Crippen molar-refractivity contribution in [2.75, 3.05) is 19.6 Å². The zero-order valence-electron chi connectivity index (χ0n) is 18.3. The monoisotopic (exact) mass is 450 g/mol. The molecule has 2 aliphatic heterocycles. The molecule has 2 heterocycles. The molecule has 2 fully saturated rings. The van der Waals surface area contributed by atoms with Gasteiger partial charge in [-0.2, -0.15) is 0 Å². The van der Waals surface area contributed by atoms with E-state index in [2.05, 4.69) is 24.4 Å². The summed E-state index contributed by atoms with van der Waals surface area (Å²) in [6, 6.07) is 18.9. The lowest BCUT2D eigenvalue weighted by atomic mass is 9.64. The zero-order valence-corrected chi connectivity index (χ0v) is 19.0. The Bertz CT molecular complexity index is 1140. The number of rotatable bonds is 4. The highest BCUT2D eigenvalue weighted by Crippen LogP contribution is 2.47. The van der Waals surface area contributed by atoms with Crippen LogP contribution in [-0.4, -0.2) is 30.4 Å². The number of nitrogens with one attached hydrogen (secondary N) is 1. The van der Waals surface area contributed by atoms with Crippen LogP contribution in [0.1, 0.15) is 43.4 Å². The molecule has 0 aromatic heterocycles. The SMILES string of the molecule is CC(c1cc(Cl)cc2ccccc12)N1CCC(C2(c3ccc(F)cc3)CCNCC2)C1=O. The molecule has 1 amide bonds. The number of hydrogen-bond donors (Lipinski definition) is 1. The van der Waals surface area contributed by atoms with Crippen molar-refractivity contribution in [1.82, 2.24) is 10.2 Å². The molecule has 166 valence electrons. The van der Waals surface area contributed by atoms with Crippen molar-refractivity contribution in [3.63, 3.8) is 0 Å². The number of carbonyl (C=O) groups excluding carboxylic acids is 1. The van der Waals surface area contributed by atoms with Crippen LogP contribution in [-0.2, 0) is 10.2 Å². The number of benzene rings is 3. The van der Waals surface area contributed by atoms with Crippen molar-refractivity contribution in [2.24, 2.45) is 5.92 Å². The lowest BCUT2D eigenvalue weighted by molar-refractivity contribution is -0.135. The summed E-state index contributed by atoms with van der Waals surface area (Å²) in [6.07, 6.45) is 2.59. The number of piperidine rings is 1. The summed E-state index contributed by atoms with van der Waals surface area (Å²) >= 11 is 6.44. The molecule has 3 aromatic rings. The minimum Gasteiger partial charge on any atom is -0.336 e. The average molecular weight is 451 g/mol. The highest BCUT2D eigenvalue weighted by Gasteiger charge is 2.49. The molecule has 5 rings (SSSR count). The third-order valence-electron chi connectivity index (χ3n) is 7.60. The fourth-order valence-corrected chi connectivity index (χ4v) is 6.14. The second kappa shape index (κ2) is 8.49. The van der Waals surface area contributed by atoms with Gasteiger partial charge in [0.05, 0.1) is 6.04 Å². The third-order valence-corrected chi connectivity index (χ3v) is 7.82. The van der Waals surface area contributed by atoms with E-state index in [9.17, 15) is 9.18 Å². The molecule has 1 N–H and O–H groups in total. The van der Waals surface area contributed by atoms with E-state index in [0.29, 0.717) is 5.02 Å². The maximum Gasteiger partial charge on any atom is 0.227 e. The minimum atomic E-state index is -0.249. The molecule has 32 heavy (non-hydrogen) atoms. The maximum atomic E-state index is 13.9. The largest absolute Gasteiger partial charge is 0.336 e. The van der Waals surface area contributed by atoms with Crippen molar-refractivity contribution in [2.45, 2.75) is 37.6 Å². The topological polar surface area (TPSA) is 32.3 Å². The number of fused-ring (bicyclic) bond motifs is 1. The Kier molecular flexibility index (Phi) is 5.68. The number of hydrogen-bond acceptors (Lipinski definition) is 2. The van der Waals surface area contributed by atoms with Crippen LogP contribution in [0.4, 0.5) is 4.39 Å². The molecule has 0 spiro atoms. The highest BCUT2D eigenvalue weighted by atomic mass is 35.5. The van der Waals surface area contributed by atoms with Crippen LogP contribution < -0.4 is 5.32 Å². The second-order valence-corrected chi connectivity index (χ2v) is 9.61. The van der Waals surface area contributed by atoms with Crippen molar-refractivity contribution in [1.29, 1.82) is 0 Å². The van der Waals surface area contributed by atoms with Gasteiger partial charge in [-0.25, -0.2) is 4.39 Å². The van der Waals surface area contributed by atoms with Gasteiger partial charge < -0.3 is 10.2 Å². The number of likely N-dealkylation sites (tertiary alicyclic amines) is 1. The Morgan fingerprint density at radius 3 is 2.56 bits per heavy atom. The number of amides is 1. The molecule has 0 bridgehead atoms. The van der Waals surface area contributed by atoms with Gasteiger partial charge in [0, 0.05) is 22.9 Å². The molecular weight excluding hydrogens is 423 g/mol. The molecule has 2 atom stereocenters. The van der Waals surface area contributed by atoms with Gasteiger partial charge in [-0.05, 0) is 85.4 Å². The first-order valence-corrected chi connectivity index (χ1v) is 11.8. The van der Waals surface area contributed by atoms with Gasteiger partial charge in [0.1, 0.15) is 5.82 Å². The standard InChI is InChI=1S/C27H28ClFN2O/c1-18(24-17-21(28)16-19-4-2-3-5-23(19)24)31-15-10-25(26(31)32)27(11-13-30-14-12-27)20-6-8-22(29)9-7-20/h2-9,16-18,25,30H,10-15H2,1H3. The van der Waals surface area contributed by atoms with Crippen LogP contribution in [0.2, 0.25) is 5.02 Å². The molecule has 3 nitrogen and oxygen atoms in total. The van der Waals surface area contributed by atoms with Gasteiger partial charge in [-0.15, -0.1) is 0 Å². The quantitative estimate of drug-likeness (QED) is 0.539. The Morgan fingerprint density at radius 1 is 1.09 bits per heavy atom. The molecule has 0 saturated carbocycles. The molecule has 0 aliphatic carbocycles. The van der Waals surface area contributed by atoms with Crippen LogP contribution in [0.3, 0.4) is 0 Å². The lowest BCUT2D eigenvalue weighted by Gasteiger charge is -2.42. The Morgan fingerprint density at radius 2 is 1.81 bits per heavy atom. The van der Waals surface area contributed by atoms with Gasteiger partial charge in [0.15, 0.2) is 0 Å². The molecule has 2 saturated heterocycles. The first-order valence-electron chi connectivity index (χ1n) is 11.4. The number of nitrogens with zero attached hydrogens (tertiary/aromatic N) is 1. The van der Waals surface area contributed by atoms with Gasteiger partial charge in [-0.3, -0.25) is 4.79 Å². The summed E-state index contributed by atoms with van der Waals surface area (Å²) in [4.78, 5) is 15.9. The van der Waals surface area contributed by atoms with Crippen LogP contribution in [0.25, 0.3) is 10.8 Å². The van der Waals surface area contributed by atoms with Crippen molar-refractivity contribution >= 4 is 28.3 Å². The summed E-state index contributed by atoms with van der Waals surface area (Å²) in [6.45, 7) is 4.57. The van der Waals surface area contributed by atoms with Crippen molar-refractivity contribution < 1.29 is 9.18 Å². The van der Waals surface area contributed by atoms with E-state index in [4.69, 9.17) is 11.6 Å². The van der Waals surface area contributed by atoms with Crippen LogP contribution in [0.5, 0.6) is 0 Å². The normalized spacial score (nSPS) is 21.8. The predicted molar refractivity (Wildman–Crippen MR) is 127 cm³/mol. The Labute approximate surface area is 193 Å². The van der Waals surface area contributed by atoms with E-state index in [1.165, 1.54) is 12.1 Å². The lowest BCUT2D eigenvalue weighted by Crippen LogP contribution is -2.48. The molecule has 3 aromatic carbocycles. The molecule has 0 radical (unpaired) electrons. The second-order valence-electron chi connectivity index (χ2n) is 9.18. The van der Waals surface area contributed by atoms with Crippen molar-refractivity contribution in [3.05, 3.63) is 82.6 Å². The van der Waals surface area contributed by atoms with Crippen LogP contribution >= 0.6 is 11.6 Å². The summed E-state index contributed by atoms with van der Waals surface area (Å²) < 4.78 is 13.7. The molecule has 2 unspecified atom stereocenters. The van der Waals surface area contributed by atoms with Gasteiger partial charge in [0.2, 0.25) is 5.91 Å². The third kappa shape index (κ3) is 3.60. The first-order chi connectivity index (χ1) is 15.5. The van der Waals surface area contributed by atoms with Gasteiger partial charge in [0.25, 0.3) is 0 Å². The van der Waals surface area contributed by atoms with Crippen LogP contribution in [0.15, 0.2) is 60.7 Å². The fourth-order valence-electron chi connectivity index (χ4n) is 5.91. The summed E-state index contributed by atoms with van der Waals surface area (Å²) in [5.74, 6) is -0.130. The minimum absolute atomic E-state index is 0.0666. The van der Waals surface area contributed by atoms with Crippen LogP contribution in [0, 0.1) is 11.7 Å². The zero-order chi connectivity index (χ0) is 22.3. The van der Waals surface area contributed by atoms with E-state index < -0.39 is 0 Å². The van der Waals surface area contributed by atoms with Gasteiger partial charge in [-0.1, -0.05) is 48.0 Å². The van der Waals surface area contributed by atoms with E-state index in [0.717, 1.165) is 60.8 Å². The smallest absolute Gasteiger partial charge is 0.227 e. The Hall–Kier alpha value is -2.43. The number of halogens is 2. The Balaban J connectivity index is 1.49. The summed E-state index contributed by atoms with van der Waals surface area (Å²) in [7, 11) is 0. The summed E-state index contributed by atoms with van der Waals surface area (Å²) in [5, 5.41) is 6.35. The maximum absolute atomic E-state index is 13.9. The van der Waals surface area contributed by atoms with E-state index in [-0.39, 0.29) is 29.1 Å². The first kappa shape index (κ1) is 21.4. The van der Waals surface area contributed by atoms with E-state index >= 15 is 0 Å². The molecule has 5 heteroatoms. The van der Waals surface area contributed by atoms with Gasteiger partial charge >= 0.3 is 0 Å². The summed E-state index contributed by atoms with van der Waals surface area (Å²) in [5.41, 5.74) is 1.92.